The van der Waals surface area contributed by atoms with Crippen molar-refractivity contribution in [2.24, 2.45) is 0 Å². The summed E-state index contributed by atoms with van der Waals surface area (Å²) in [6.45, 7) is 0.230. The third-order valence-corrected chi connectivity index (χ3v) is 3.53. The Labute approximate surface area is 132 Å². The fraction of sp³-hybridized carbons (Fsp3) is 0.154. The van der Waals surface area contributed by atoms with Crippen LogP contribution in [0.15, 0.2) is 40.1 Å². The van der Waals surface area contributed by atoms with Crippen molar-refractivity contribution >= 4 is 38.7 Å². The summed E-state index contributed by atoms with van der Waals surface area (Å²) >= 11 is 3.33. The van der Waals surface area contributed by atoms with Crippen molar-refractivity contribution in [1.82, 2.24) is 24.7 Å². The predicted octanol–water partition coefficient (Wildman–Crippen LogP) is 1.31. The van der Waals surface area contributed by atoms with E-state index >= 15 is 0 Å². The van der Waals surface area contributed by atoms with Gasteiger partial charge in [0.2, 0.25) is 11.9 Å². The van der Waals surface area contributed by atoms with E-state index in [0.717, 1.165) is 4.47 Å². The van der Waals surface area contributed by atoms with Gasteiger partial charge in [-0.15, -0.1) is 0 Å². The van der Waals surface area contributed by atoms with Crippen LogP contribution >= 0.6 is 15.9 Å². The molecule has 1 aromatic carbocycles. The zero-order valence-electron chi connectivity index (χ0n) is 11.3. The average Bonchev–Trinajstić information content (AvgIpc) is 3.00. The molecule has 0 unspecified atom stereocenters. The summed E-state index contributed by atoms with van der Waals surface area (Å²) in [5.41, 5.74) is 0.439. The number of aromatic nitrogens is 5. The lowest BCUT2D eigenvalue weighted by molar-refractivity contribution is -0.116. The van der Waals surface area contributed by atoms with Crippen molar-refractivity contribution in [3.8, 4) is 0 Å². The number of hydrogen-bond acceptors (Lipinski definition) is 5. The maximum atomic E-state index is 12.4. The first-order valence-corrected chi connectivity index (χ1v) is 7.23. The number of halogens is 1. The van der Waals surface area contributed by atoms with Gasteiger partial charge in [-0.2, -0.15) is 10.1 Å². The lowest BCUT2D eigenvalue weighted by Crippen LogP contribution is -2.23. The van der Waals surface area contributed by atoms with Gasteiger partial charge in [-0.1, -0.05) is 15.9 Å². The maximum absolute atomic E-state index is 12.4. The fourth-order valence-corrected chi connectivity index (χ4v) is 2.33. The van der Waals surface area contributed by atoms with Crippen molar-refractivity contribution in [2.75, 3.05) is 5.32 Å². The van der Waals surface area contributed by atoms with Gasteiger partial charge in [0.25, 0.3) is 5.56 Å². The molecule has 3 rings (SSSR count). The monoisotopic (exact) mass is 362 g/mol. The van der Waals surface area contributed by atoms with Gasteiger partial charge in [-0.05, 0) is 18.2 Å². The van der Waals surface area contributed by atoms with E-state index in [9.17, 15) is 9.59 Å². The van der Waals surface area contributed by atoms with Crippen LogP contribution in [0, 0.1) is 0 Å². The highest BCUT2D eigenvalue weighted by Crippen LogP contribution is 2.14. The molecule has 2 N–H and O–H groups in total. The Bertz CT molecular complexity index is 874. The van der Waals surface area contributed by atoms with Crippen molar-refractivity contribution < 1.29 is 4.79 Å². The van der Waals surface area contributed by atoms with Crippen molar-refractivity contribution in [3.63, 3.8) is 0 Å². The quantitative estimate of drug-likeness (QED) is 0.727. The van der Waals surface area contributed by atoms with E-state index in [4.69, 9.17) is 0 Å². The molecule has 0 fully saturated rings. The van der Waals surface area contributed by atoms with Gasteiger partial charge in [-0.25, -0.2) is 10.1 Å². The summed E-state index contributed by atoms with van der Waals surface area (Å²) in [7, 11) is 0. The minimum Gasteiger partial charge on any atom is -0.298 e. The third kappa shape index (κ3) is 3.03. The number of amides is 1. The standard InChI is InChI=1S/C13H11BrN6O2/c14-8-1-2-10-9(5-8)12(22)20(7-16-10)4-3-11(21)18-13-15-6-17-19-13/h1-2,5-7H,3-4H2,(H2,15,17,18,19,21). The van der Waals surface area contributed by atoms with Gasteiger partial charge < -0.3 is 0 Å². The molecule has 3 aromatic rings. The van der Waals surface area contributed by atoms with Gasteiger partial charge >= 0.3 is 0 Å². The van der Waals surface area contributed by atoms with Gasteiger partial charge in [0.1, 0.15) is 6.33 Å². The van der Waals surface area contributed by atoms with E-state index in [1.54, 1.807) is 12.1 Å². The van der Waals surface area contributed by atoms with Crippen molar-refractivity contribution in [3.05, 3.63) is 45.7 Å². The van der Waals surface area contributed by atoms with Gasteiger partial charge in [-0.3, -0.25) is 19.5 Å². The number of H-pyrrole nitrogens is 1. The van der Waals surface area contributed by atoms with E-state index in [1.165, 1.54) is 17.2 Å². The fourth-order valence-electron chi connectivity index (χ4n) is 1.97. The molecular weight excluding hydrogens is 352 g/mol. The maximum Gasteiger partial charge on any atom is 0.261 e. The first kappa shape index (κ1) is 14.4. The summed E-state index contributed by atoms with van der Waals surface area (Å²) in [5.74, 6) is 0.0101. The molecule has 0 radical (unpaired) electrons. The number of rotatable bonds is 4. The molecule has 0 saturated heterocycles. The summed E-state index contributed by atoms with van der Waals surface area (Å²) in [6, 6.07) is 5.31. The van der Waals surface area contributed by atoms with Crippen molar-refractivity contribution in [1.29, 1.82) is 0 Å². The van der Waals surface area contributed by atoms with Gasteiger partial charge in [0.05, 0.1) is 17.2 Å². The van der Waals surface area contributed by atoms with Gasteiger partial charge in [0.15, 0.2) is 0 Å². The van der Waals surface area contributed by atoms with Gasteiger partial charge in [0, 0.05) is 17.4 Å². The molecule has 22 heavy (non-hydrogen) atoms. The molecule has 2 heterocycles. The van der Waals surface area contributed by atoms with Crippen LogP contribution < -0.4 is 10.9 Å². The Balaban J connectivity index is 1.75. The first-order chi connectivity index (χ1) is 10.6. The van der Waals surface area contributed by atoms with Crippen LogP contribution in [0.1, 0.15) is 6.42 Å². The molecular formula is C13H11BrN6O2. The normalized spacial score (nSPS) is 10.8. The van der Waals surface area contributed by atoms with Crippen molar-refractivity contribution in [2.45, 2.75) is 13.0 Å². The number of benzene rings is 1. The molecule has 0 bridgehead atoms. The number of anilines is 1. The average molecular weight is 363 g/mol. The van der Waals surface area contributed by atoms with Crippen LogP contribution in [0.3, 0.4) is 0 Å². The lowest BCUT2D eigenvalue weighted by Gasteiger charge is -2.06. The summed E-state index contributed by atoms with van der Waals surface area (Å²) < 4.78 is 2.22. The molecule has 0 aliphatic rings. The number of carbonyl (C=O) groups is 1. The van der Waals surface area contributed by atoms with E-state index in [1.807, 2.05) is 6.07 Å². The summed E-state index contributed by atoms with van der Waals surface area (Å²) in [6.07, 6.45) is 2.87. The molecule has 1 amide bonds. The Morgan fingerprint density at radius 2 is 2.23 bits per heavy atom. The number of aryl methyl sites for hydroxylation is 1. The highest BCUT2D eigenvalue weighted by atomic mass is 79.9. The second-order valence-electron chi connectivity index (χ2n) is 4.54. The molecule has 112 valence electrons. The smallest absolute Gasteiger partial charge is 0.261 e. The Kier molecular flexibility index (Phi) is 3.96. The Morgan fingerprint density at radius 3 is 3.00 bits per heavy atom. The first-order valence-electron chi connectivity index (χ1n) is 6.43. The molecule has 0 saturated carbocycles. The number of hydrogen-bond donors (Lipinski definition) is 2. The second-order valence-corrected chi connectivity index (χ2v) is 5.45. The zero-order chi connectivity index (χ0) is 15.5. The SMILES string of the molecule is O=C(CCn1cnc2ccc(Br)cc2c1=O)Nc1ncn[nH]1. The molecule has 9 heteroatoms. The number of aromatic amines is 1. The van der Waals surface area contributed by atoms with E-state index in [2.05, 4.69) is 41.4 Å². The van der Waals surface area contributed by atoms with Crippen LogP contribution in [-0.2, 0) is 11.3 Å². The Morgan fingerprint density at radius 1 is 1.36 bits per heavy atom. The molecule has 0 aliphatic carbocycles. The van der Waals surface area contributed by atoms with Crippen LogP contribution in [0.25, 0.3) is 10.9 Å². The molecule has 0 spiro atoms. The zero-order valence-corrected chi connectivity index (χ0v) is 12.9. The van der Waals surface area contributed by atoms with Crippen LogP contribution in [-0.4, -0.2) is 30.6 Å². The lowest BCUT2D eigenvalue weighted by atomic mass is 10.2. The topological polar surface area (TPSA) is 106 Å². The number of nitrogens with one attached hydrogen (secondary N) is 2. The molecule has 0 atom stereocenters. The highest BCUT2D eigenvalue weighted by Gasteiger charge is 2.08. The van der Waals surface area contributed by atoms with Crippen LogP contribution in [0.4, 0.5) is 5.95 Å². The molecule has 2 aromatic heterocycles. The predicted molar refractivity (Wildman–Crippen MR) is 83.3 cm³/mol. The molecule has 8 nitrogen and oxygen atoms in total. The number of fused-ring (bicyclic) bond motifs is 1. The summed E-state index contributed by atoms with van der Waals surface area (Å²) in [4.78, 5) is 32.1. The van der Waals surface area contributed by atoms with Crippen LogP contribution in [0.5, 0.6) is 0 Å². The second kappa shape index (κ2) is 6.06. The minimum atomic E-state index is -0.266. The van der Waals surface area contributed by atoms with Crippen LogP contribution in [0.2, 0.25) is 0 Å². The summed E-state index contributed by atoms with van der Waals surface area (Å²) in [5, 5.41) is 9.21. The van der Waals surface area contributed by atoms with E-state index < -0.39 is 0 Å². The molecule has 0 aliphatic heterocycles. The minimum absolute atomic E-state index is 0.127. The number of nitrogens with zero attached hydrogens (tertiary/aromatic N) is 4. The highest BCUT2D eigenvalue weighted by molar-refractivity contribution is 9.10. The largest absolute Gasteiger partial charge is 0.298 e. The Hall–Kier alpha value is -2.55. The third-order valence-electron chi connectivity index (χ3n) is 3.04. The number of carbonyl (C=O) groups excluding carboxylic acids is 1. The van der Waals surface area contributed by atoms with E-state index in [-0.39, 0.29) is 30.4 Å². The van der Waals surface area contributed by atoms with E-state index in [0.29, 0.717) is 10.9 Å².